The van der Waals surface area contributed by atoms with Crippen LogP contribution in [0.5, 0.6) is 11.5 Å². The highest BCUT2D eigenvalue weighted by molar-refractivity contribution is 9.10. The van der Waals surface area contributed by atoms with Gasteiger partial charge < -0.3 is 18.8 Å². The van der Waals surface area contributed by atoms with Crippen molar-refractivity contribution in [2.45, 2.75) is 38.5 Å². The average Bonchev–Trinajstić information content (AvgIpc) is 2.80. The topological polar surface area (TPSA) is 99.1 Å². The highest BCUT2D eigenvalue weighted by Gasteiger charge is 2.49. The maximum absolute atomic E-state index is 13.3. The van der Waals surface area contributed by atoms with Crippen molar-refractivity contribution in [1.29, 1.82) is 0 Å². The highest BCUT2D eigenvalue weighted by Crippen LogP contribution is 2.45. The molecule has 0 aliphatic rings. The van der Waals surface area contributed by atoms with E-state index in [4.69, 9.17) is 9.47 Å². The van der Waals surface area contributed by atoms with Crippen molar-refractivity contribution in [3.05, 3.63) is 69.2 Å². The first-order chi connectivity index (χ1) is 16.8. The summed E-state index contributed by atoms with van der Waals surface area (Å²) >= 11 is 3.35. The summed E-state index contributed by atoms with van der Waals surface area (Å²) in [5, 5.41) is 10.4. The quantitative estimate of drug-likeness (QED) is 0.239. The molecule has 0 aromatic heterocycles. The second-order valence-corrected chi connectivity index (χ2v) is 10.1. The molecule has 3 aromatic rings. The maximum Gasteiger partial charge on any atom is 0.534 e. The normalized spacial score (nSPS) is 13.0. The summed E-state index contributed by atoms with van der Waals surface area (Å²) in [7, 11) is -4.64. The van der Waals surface area contributed by atoms with Crippen molar-refractivity contribution in [2.24, 2.45) is 0 Å². The van der Waals surface area contributed by atoms with E-state index in [1.165, 1.54) is 26.2 Å². The second kappa shape index (κ2) is 10.7. The van der Waals surface area contributed by atoms with Gasteiger partial charge in [0.25, 0.3) is 0 Å². The number of ether oxygens (including phenoxy) is 2. The maximum atomic E-state index is 13.3. The van der Waals surface area contributed by atoms with Gasteiger partial charge in [-0.1, -0.05) is 47.1 Å². The molecule has 3 aromatic carbocycles. The molecule has 1 N–H and O–H groups in total. The Kier molecular flexibility index (Phi) is 8.21. The Balaban J connectivity index is 2.25. The Bertz CT molecular complexity index is 1390. The van der Waals surface area contributed by atoms with E-state index in [2.05, 4.69) is 20.1 Å². The second-order valence-electron chi connectivity index (χ2n) is 7.72. The Hall–Kier alpha value is -2.83. The number of carbonyl (C=O) groups is 1. The molecule has 0 radical (unpaired) electrons. The summed E-state index contributed by atoms with van der Waals surface area (Å²) in [5.74, 6) is -1.72. The van der Waals surface area contributed by atoms with Crippen molar-refractivity contribution in [3.63, 3.8) is 0 Å². The molecule has 1 unspecified atom stereocenters. The summed E-state index contributed by atoms with van der Waals surface area (Å²) in [6, 6.07) is 11.0. The number of alkyl halides is 3. The van der Waals surface area contributed by atoms with Crippen molar-refractivity contribution >= 4 is 42.8 Å². The van der Waals surface area contributed by atoms with Gasteiger partial charge in [0, 0.05) is 20.8 Å². The molecule has 0 fully saturated rings. The van der Waals surface area contributed by atoms with Crippen molar-refractivity contribution < 1.29 is 45.1 Å². The zero-order valence-corrected chi connectivity index (χ0v) is 21.8. The molecule has 0 saturated carbocycles. The first-order valence-electron chi connectivity index (χ1n) is 10.5. The van der Waals surface area contributed by atoms with Crippen molar-refractivity contribution in [3.8, 4) is 11.5 Å². The van der Waals surface area contributed by atoms with Gasteiger partial charge in [-0.15, -0.1) is 0 Å². The molecule has 7 nitrogen and oxygen atoms in total. The lowest BCUT2D eigenvalue weighted by Gasteiger charge is -2.24. The SMILES string of the molecule is CCc1c(C)c(C(OCc2ccc(OC)cc2)C(=O)O)c(OS(=O)(=O)C(F)(F)F)c2cccc(Br)c12. The fraction of sp³-hybridized carbons (Fsp3) is 0.292. The minimum atomic E-state index is -6.13. The predicted molar refractivity (Wildman–Crippen MR) is 130 cm³/mol. The predicted octanol–water partition coefficient (Wildman–Crippen LogP) is 6.05. The number of hydrogen-bond donors (Lipinski definition) is 1. The fourth-order valence-corrected chi connectivity index (χ4v) is 4.97. The lowest BCUT2D eigenvalue weighted by atomic mass is 9.89. The molecule has 3 rings (SSSR count). The van der Waals surface area contributed by atoms with Crippen molar-refractivity contribution in [1.82, 2.24) is 0 Å². The fourth-order valence-electron chi connectivity index (χ4n) is 3.87. The van der Waals surface area contributed by atoms with Gasteiger partial charge in [0.15, 0.2) is 11.9 Å². The minimum absolute atomic E-state index is 0.00560. The molecule has 0 heterocycles. The molecule has 36 heavy (non-hydrogen) atoms. The highest BCUT2D eigenvalue weighted by atomic mass is 79.9. The van der Waals surface area contributed by atoms with Crippen LogP contribution in [-0.2, 0) is 32.7 Å². The first kappa shape index (κ1) is 27.8. The van der Waals surface area contributed by atoms with Crippen LogP contribution >= 0.6 is 15.9 Å². The average molecular weight is 591 g/mol. The largest absolute Gasteiger partial charge is 0.534 e. The number of halogens is 4. The molecule has 1 atom stereocenters. The number of fused-ring (bicyclic) bond motifs is 1. The number of hydrogen-bond acceptors (Lipinski definition) is 6. The Morgan fingerprint density at radius 1 is 1.14 bits per heavy atom. The van der Waals surface area contributed by atoms with Gasteiger partial charge in [0.1, 0.15) is 5.75 Å². The van der Waals surface area contributed by atoms with Gasteiger partial charge in [-0.05, 0) is 48.2 Å². The summed E-state index contributed by atoms with van der Waals surface area (Å²) in [6.45, 7) is 3.04. The van der Waals surface area contributed by atoms with Crippen LogP contribution in [0.25, 0.3) is 10.8 Å². The third-order valence-corrected chi connectivity index (χ3v) is 7.17. The summed E-state index contributed by atoms with van der Waals surface area (Å²) < 4.78 is 79.8. The number of methoxy groups -OCH3 is 1. The molecule has 0 spiro atoms. The standard InChI is InChI=1S/C24H22BrF3O7S/c1-4-16-13(2)19(22(23(29)30)34-12-14-8-10-15(33-3)11-9-14)21(35-36(31,32)24(26,27)28)17-6-5-7-18(25)20(16)17/h5-11,22H,4,12H2,1-3H3,(H,29,30). The van der Waals surface area contributed by atoms with Crippen LogP contribution in [0.15, 0.2) is 46.9 Å². The van der Waals surface area contributed by atoms with E-state index < -0.39 is 33.4 Å². The van der Waals surface area contributed by atoms with Gasteiger partial charge in [-0.2, -0.15) is 21.6 Å². The zero-order chi connectivity index (χ0) is 26.8. The number of aryl methyl sites for hydroxylation is 1. The molecule has 194 valence electrons. The van der Waals surface area contributed by atoms with E-state index in [1.807, 2.05) is 0 Å². The van der Waals surface area contributed by atoms with Crippen LogP contribution in [-0.4, -0.2) is 32.1 Å². The summed E-state index contributed by atoms with van der Waals surface area (Å²) in [4.78, 5) is 12.3. The monoisotopic (exact) mass is 590 g/mol. The number of rotatable bonds is 9. The van der Waals surface area contributed by atoms with Crippen LogP contribution in [0.4, 0.5) is 13.2 Å². The lowest BCUT2D eigenvalue weighted by molar-refractivity contribution is -0.151. The van der Waals surface area contributed by atoms with Gasteiger partial charge in [0.2, 0.25) is 0 Å². The number of aliphatic carboxylic acids is 1. The van der Waals surface area contributed by atoms with E-state index in [0.717, 1.165) is 0 Å². The molecular formula is C24H22BrF3O7S. The van der Waals surface area contributed by atoms with Crippen LogP contribution in [0.2, 0.25) is 0 Å². The zero-order valence-electron chi connectivity index (χ0n) is 19.3. The van der Waals surface area contributed by atoms with Gasteiger partial charge in [-0.3, -0.25) is 0 Å². The van der Waals surface area contributed by atoms with Crippen LogP contribution < -0.4 is 8.92 Å². The van der Waals surface area contributed by atoms with E-state index >= 15 is 0 Å². The number of benzene rings is 3. The Morgan fingerprint density at radius 2 is 1.78 bits per heavy atom. The smallest absolute Gasteiger partial charge is 0.497 e. The molecule has 12 heteroatoms. The molecule has 0 bridgehead atoms. The van der Waals surface area contributed by atoms with E-state index in [-0.39, 0.29) is 23.1 Å². The van der Waals surface area contributed by atoms with E-state index in [1.54, 1.807) is 37.3 Å². The minimum Gasteiger partial charge on any atom is -0.497 e. The van der Waals surface area contributed by atoms with E-state index in [0.29, 0.717) is 33.2 Å². The third kappa shape index (κ3) is 5.45. The van der Waals surface area contributed by atoms with Gasteiger partial charge in [-0.25, -0.2) is 4.79 Å². The summed E-state index contributed by atoms with van der Waals surface area (Å²) in [5.41, 5.74) is -4.65. The van der Waals surface area contributed by atoms with E-state index in [9.17, 15) is 31.5 Å². The Morgan fingerprint density at radius 3 is 2.31 bits per heavy atom. The van der Waals surface area contributed by atoms with Crippen LogP contribution in [0.1, 0.15) is 35.3 Å². The lowest BCUT2D eigenvalue weighted by Crippen LogP contribution is -2.29. The van der Waals surface area contributed by atoms with Crippen LogP contribution in [0.3, 0.4) is 0 Å². The number of carboxylic acid groups (broad SMARTS) is 1. The van der Waals surface area contributed by atoms with Gasteiger partial charge in [0.05, 0.1) is 13.7 Å². The molecule has 0 aliphatic carbocycles. The summed E-state index contributed by atoms with van der Waals surface area (Å²) in [6.07, 6.45) is -1.46. The molecule has 0 saturated heterocycles. The molecule has 0 amide bonds. The molecule has 0 aliphatic heterocycles. The molecular weight excluding hydrogens is 569 g/mol. The first-order valence-corrected chi connectivity index (χ1v) is 12.7. The van der Waals surface area contributed by atoms with Crippen molar-refractivity contribution in [2.75, 3.05) is 7.11 Å². The number of carboxylic acids is 1. The third-order valence-electron chi connectivity index (χ3n) is 5.55. The van der Waals surface area contributed by atoms with Crippen LogP contribution in [0, 0.1) is 6.92 Å². The Labute approximate surface area is 214 Å². The van der Waals surface area contributed by atoms with Gasteiger partial charge >= 0.3 is 21.6 Å².